The zero-order valence-electron chi connectivity index (χ0n) is 22.4. The third-order valence-corrected chi connectivity index (χ3v) is 9.23. The van der Waals surface area contributed by atoms with Crippen LogP contribution in [-0.4, -0.2) is 106 Å². The predicted molar refractivity (Wildman–Crippen MR) is 144 cm³/mol. The summed E-state index contributed by atoms with van der Waals surface area (Å²) in [6.45, 7) is 16.7. The molecule has 0 saturated carbocycles. The van der Waals surface area contributed by atoms with Crippen molar-refractivity contribution >= 4 is 16.0 Å². The number of anilines is 1. The Balaban J connectivity index is 1.28. The average molecular weight is 519 g/mol. The maximum absolute atomic E-state index is 13.0. The lowest BCUT2D eigenvalue weighted by Gasteiger charge is -2.36. The molecular formula is C25H42N8O2S. The maximum Gasteiger partial charge on any atom is 0.223 e. The number of rotatable bonds is 10. The van der Waals surface area contributed by atoms with Gasteiger partial charge in [0.2, 0.25) is 16.0 Å². The first-order valence-electron chi connectivity index (χ1n) is 13.2. The van der Waals surface area contributed by atoms with Crippen LogP contribution in [0.4, 0.5) is 5.95 Å². The Morgan fingerprint density at radius 3 is 2.50 bits per heavy atom. The van der Waals surface area contributed by atoms with Gasteiger partial charge in [-0.25, -0.2) is 23.4 Å². The highest BCUT2D eigenvalue weighted by Crippen LogP contribution is 2.24. The van der Waals surface area contributed by atoms with Crippen molar-refractivity contribution in [2.24, 2.45) is 0 Å². The van der Waals surface area contributed by atoms with Gasteiger partial charge in [-0.15, -0.1) is 0 Å². The van der Waals surface area contributed by atoms with E-state index in [1.54, 1.807) is 10.5 Å². The summed E-state index contributed by atoms with van der Waals surface area (Å²) in [4.78, 5) is 18.4. The van der Waals surface area contributed by atoms with Crippen LogP contribution in [0.15, 0.2) is 18.5 Å². The Bertz CT molecular complexity index is 1110. The van der Waals surface area contributed by atoms with E-state index in [-0.39, 0.29) is 17.8 Å². The van der Waals surface area contributed by atoms with Crippen LogP contribution in [0.1, 0.15) is 52.4 Å². The van der Waals surface area contributed by atoms with Crippen molar-refractivity contribution in [3.63, 3.8) is 0 Å². The van der Waals surface area contributed by atoms with E-state index < -0.39 is 10.0 Å². The molecule has 2 aliphatic heterocycles. The molecule has 4 rings (SSSR count). The van der Waals surface area contributed by atoms with Gasteiger partial charge in [0.15, 0.2) is 0 Å². The van der Waals surface area contributed by atoms with E-state index in [9.17, 15) is 8.42 Å². The second-order valence-electron chi connectivity index (χ2n) is 10.5. The molecule has 0 aromatic carbocycles. The number of aryl methyl sites for hydroxylation is 1. The lowest BCUT2D eigenvalue weighted by atomic mass is 10.2. The number of imidazole rings is 1. The van der Waals surface area contributed by atoms with Crippen LogP contribution >= 0.6 is 0 Å². The molecule has 4 heterocycles. The normalized spacial score (nSPS) is 20.6. The average Bonchev–Trinajstić information content (AvgIpc) is 3.47. The van der Waals surface area contributed by atoms with E-state index in [0.717, 1.165) is 56.4 Å². The van der Waals surface area contributed by atoms with Gasteiger partial charge in [0.25, 0.3) is 0 Å². The number of nitrogens with zero attached hydrogens (tertiary/aromatic N) is 7. The summed E-state index contributed by atoms with van der Waals surface area (Å²) in [5.41, 5.74) is 1.76. The summed E-state index contributed by atoms with van der Waals surface area (Å²) >= 11 is 0. The highest BCUT2D eigenvalue weighted by molar-refractivity contribution is 7.89. The quantitative estimate of drug-likeness (QED) is 0.512. The first-order chi connectivity index (χ1) is 17.1. The van der Waals surface area contributed by atoms with Crippen LogP contribution in [0.5, 0.6) is 0 Å². The Labute approximate surface area is 216 Å². The molecule has 11 heteroatoms. The highest BCUT2D eigenvalue weighted by Gasteiger charge is 2.31. The number of hydrogen-bond acceptors (Lipinski definition) is 8. The molecule has 2 aromatic heterocycles. The molecule has 1 N–H and O–H groups in total. The molecule has 2 aromatic rings. The van der Waals surface area contributed by atoms with Crippen molar-refractivity contribution in [2.45, 2.75) is 65.6 Å². The van der Waals surface area contributed by atoms with Crippen LogP contribution in [0.25, 0.3) is 11.4 Å². The smallest absolute Gasteiger partial charge is 0.223 e. The van der Waals surface area contributed by atoms with E-state index in [4.69, 9.17) is 4.98 Å². The van der Waals surface area contributed by atoms with Crippen molar-refractivity contribution in [1.29, 1.82) is 0 Å². The maximum atomic E-state index is 13.0. The molecule has 0 radical (unpaired) electrons. The summed E-state index contributed by atoms with van der Waals surface area (Å²) in [7, 11) is -3.27. The van der Waals surface area contributed by atoms with Crippen molar-refractivity contribution in [2.75, 3.05) is 56.9 Å². The topological polar surface area (TPSA) is 99.5 Å². The molecule has 2 aliphatic rings. The molecule has 10 nitrogen and oxygen atoms in total. The minimum absolute atomic E-state index is 0.00381. The Morgan fingerprint density at radius 1 is 1.06 bits per heavy atom. The van der Waals surface area contributed by atoms with Gasteiger partial charge in [0, 0.05) is 63.6 Å². The fourth-order valence-electron chi connectivity index (χ4n) is 5.25. The molecule has 0 spiro atoms. The Kier molecular flexibility index (Phi) is 8.64. The Morgan fingerprint density at radius 2 is 1.81 bits per heavy atom. The second-order valence-corrected chi connectivity index (χ2v) is 12.6. The summed E-state index contributed by atoms with van der Waals surface area (Å²) in [6, 6.07) is 2.72. The summed E-state index contributed by atoms with van der Waals surface area (Å²) in [6.07, 6.45) is 5.00. The molecule has 2 saturated heterocycles. The monoisotopic (exact) mass is 518 g/mol. The number of piperazine rings is 1. The largest absolute Gasteiger partial charge is 0.350 e. The van der Waals surface area contributed by atoms with E-state index in [1.165, 1.54) is 0 Å². The van der Waals surface area contributed by atoms with Crippen LogP contribution in [0.2, 0.25) is 0 Å². The fourth-order valence-corrected chi connectivity index (χ4v) is 6.79. The van der Waals surface area contributed by atoms with Gasteiger partial charge in [-0.3, -0.25) is 4.90 Å². The molecule has 0 amide bonds. The van der Waals surface area contributed by atoms with Gasteiger partial charge in [-0.05, 0) is 60.1 Å². The molecule has 36 heavy (non-hydrogen) atoms. The van der Waals surface area contributed by atoms with E-state index in [2.05, 4.69) is 57.3 Å². The van der Waals surface area contributed by atoms with E-state index in [0.29, 0.717) is 31.5 Å². The highest BCUT2D eigenvalue weighted by atomic mass is 32.2. The first-order valence-corrected chi connectivity index (χ1v) is 14.8. The third kappa shape index (κ3) is 6.42. The first kappa shape index (κ1) is 27.0. The van der Waals surface area contributed by atoms with Gasteiger partial charge in [-0.2, -0.15) is 4.31 Å². The standard InChI is InChI=1S/C25H42N8O2S/c1-19(2)31-14-12-30(13-15-31)10-6-16-36(34,35)32-11-8-22(18-32)28-25-26-9-7-23(29-25)24-17-27-21(5)33(24)20(3)4/h7,9,17,19-20,22H,6,8,10-16,18H2,1-5H3,(H,26,28,29). The summed E-state index contributed by atoms with van der Waals surface area (Å²) in [5, 5.41) is 3.36. The van der Waals surface area contributed by atoms with Crippen molar-refractivity contribution in [1.82, 2.24) is 33.6 Å². The molecule has 0 aliphatic carbocycles. The van der Waals surface area contributed by atoms with Crippen LogP contribution in [-0.2, 0) is 10.0 Å². The Hall–Kier alpha value is -2.08. The fraction of sp³-hybridized carbons (Fsp3) is 0.720. The zero-order chi connectivity index (χ0) is 25.9. The van der Waals surface area contributed by atoms with E-state index >= 15 is 0 Å². The minimum atomic E-state index is -3.27. The van der Waals surface area contributed by atoms with Crippen LogP contribution in [0, 0.1) is 6.92 Å². The molecule has 200 valence electrons. The van der Waals surface area contributed by atoms with Gasteiger partial charge in [-0.1, -0.05) is 0 Å². The van der Waals surface area contributed by atoms with Gasteiger partial charge in [0.1, 0.15) is 5.82 Å². The molecular weight excluding hydrogens is 476 g/mol. The van der Waals surface area contributed by atoms with Crippen molar-refractivity contribution < 1.29 is 8.42 Å². The number of hydrogen-bond donors (Lipinski definition) is 1. The number of sulfonamides is 1. The molecule has 2 fully saturated rings. The number of aromatic nitrogens is 4. The van der Waals surface area contributed by atoms with Crippen LogP contribution in [0.3, 0.4) is 0 Å². The lowest BCUT2D eigenvalue weighted by Crippen LogP contribution is -2.49. The van der Waals surface area contributed by atoms with Crippen LogP contribution < -0.4 is 5.32 Å². The minimum Gasteiger partial charge on any atom is -0.350 e. The summed E-state index contributed by atoms with van der Waals surface area (Å²) < 4.78 is 29.8. The summed E-state index contributed by atoms with van der Waals surface area (Å²) in [5.74, 6) is 1.67. The SMILES string of the molecule is Cc1ncc(-c2ccnc(NC3CCN(S(=O)(=O)CCCN4CCN(C(C)C)CC4)C3)n2)n1C(C)C. The van der Waals surface area contributed by atoms with Crippen molar-refractivity contribution in [3.05, 3.63) is 24.3 Å². The van der Waals surface area contributed by atoms with Gasteiger partial charge >= 0.3 is 0 Å². The van der Waals surface area contributed by atoms with Crippen molar-refractivity contribution in [3.8, 4) is 11.4 Å². The zero-order valence-corrected chi connectivity index (χ0v) is 23.2. The molecule has 1 unspecified atom stereocenters. The lowest BCUT2D eigenvalue weighted by molar-refractivity contribution is 0.109. The third-order valence-electron chi connectivity index (χ3n) is 7.31. The van der Waals surface area contributed by atoms with Gasteiger partial charge in [0.05, 0.1) is 23.3 Å². The molecule has 1 atom stereocenters. The van der Waals surface area contributed by atoms with E-state index in [1.807, 2.05) is 19.2 Å². The number of nitrogens with one attached hydrogen (secondary N) is 1. The second kappa shape index (κ2) is 11.5. The molecule has 0 bridgehead atoms. The van der Waals surface area contributed by atoms with Gasteiger partial charge < -0.3 is 14.8 Å². The predicted octanol–water partition coefficient (Wildman–Crippen LogP) is 2.46.